The first-order valence-electron chi connectivity index (χ1n) is 8.23. The normalized spacial score (nSPS) is 17.6. The minimum Gasteiger partial charge on any atom is -0.345 e. The van der Waals surface area contributed by atoms with Crippen molar-refractivity contribution in [3.05, 3.63) is 53.3 Å². The van der Waals surface area contributed by atoms with Gasteiger partial charge in [-0.25, -0.2) is 12.7 Å². The number of amides is 1. The van der Waals surface area contributed by atoms with Gasteiger partial charge in [0.15, 0.2) is 0 Å². The van der Waals surface area contributed by atoms with Crippen LogP contribution in [-0.4, -0.2) is 48.7 Å². The quantitative estimate of drug-likeness (QED) is 0.842. The minimum atomic E-state index is -3.49. The fourth-order valence-electron chi connectivity index (χ4n) is 3.24. The summed E-state index contributed by atoms with van der Waals surface area (Å²) in [6, 6.07) is 10.3. The largest absolute Gasteiger partial charge is 0.345 e. The van der Waals surface area contributed by atoms with Gasteiger partial charge in [-0.15, -0.1) is 0 Å². The molecule has 1 aromatic heterocycles. The van der Waals surface area contributed by atoms with Crippen molar-refractivity contribution in [2.24, 2.45) is 0 Å². The molecule has 0 spiro atoms. The molecule has 7 heteroatoms. The average molecular weight is 361 g/mol. The van der Waals surface area contributed by atoms with E-state index in [1.165, 1.54) is 31.9 Å². The molecule has 3 rings (SSSR count). The fourth-order valence-corrected chi connectivity index (χ4v) is 4.15. The monoisotopic (exact) mass is 361 g/mol. The van der Waals surface area contributed by atoms with Crippen LogP contribution in [-0.2, 0) is 16.6 Å². The molecule has 1 aliphatic heterocycles. The number of hydrogen-bond acceptors (Lipinski definition) is 3. The van der Waals surface area contributed by atoms with Crippen molar-refractivity contribution in [2.45, 2.75) is 31.3 Å². The molecule has 0 N–H and O–H groups in total. The van der Waals surface area contributed by atoms with Gasteiger partial charge in [-0.3, -0.25) is 4.79 Å². The molecule has 1 atom stereocenters. The number of carbonyl (C=O) groups is 1. The van der Waals surface area contributed by atoms with E-state index in [4.69, 9.17) is 0 Å². The highest BCUT2D eigenvalue weighted by Crippen LogP contribution is 2.28. The van der Waals surface area contributed by atoms with Crippen molar-refractivity contribution < 1.29 is 13.2 Å². The number of rotatable bonds is 3. The molecule has 2 aromatic rings. The van der Waals surface area contributed by atoms with E-state index in [1.807, 2.05) is 11.8 Å². The molecule has 1 aromatic carbocycles. The summed E-state index contributed by atoms with van der Waals surface area (Å²) in [7, 11) is -0.513. The Balaban J connectivity index is 1.85. The molecule has 0 saturated heterocycles. The third-order valence-electron chi connectivity index (χ3n) is 4.83. The Morgan fingerprint density at radius 2 is 1.72 bits per heavy atom. The van der Waals surface area contributed by atoms with Gasteiger partial charge in [0.1, 0.15) is 0 Å². The van der Waals surface area contributed by atoms with Crippen LogP contribution in [0.15, 0.2) is 41.3 Å². The van der Waals surface area contributed by atoms with Gasteiger partial charge in [0, 0.05) is 44.1 Å². The second-order valence-electron chi connectivity index (χ2n) is 6.54. The van der Waals surface area contributed by atoms with E-state index in [1.54, 1.807) is 12.1 Å². The van der Waals surface area contributed by atoms with E-state index in [0.29, 0.717) is 12.1 Å². The number of hydrogen-bond donors (Lipinski definition) is 0. The molecule has 1 aliphatic rings. The van der Waals surface area contributed by atoms with Crippen molar-refractivity contribution in [1.29, 1.82) is 0 Å². The third-order valence-corrected chi connectivity index (χ3v) is 6.66. The number of sulfonamides is 1. The van der Waals surface area contributed by atoms with Crippen LogP contribution in [0.1, 0.15) is 34.7 Å². The highest BCUT2D eigenvalue weighted by Gasteiger charge is 2.29. The Morgan fingerprint density at radius 3 is 2.32 bits per heavy atom. The predicted molar refractivity (Wildman–Crippen MR) is 95.9 cm³/mol. The summed E-state index contributed by atoms with van der Waals surface area (Å²) in [4.78, 5) is 14.9. The maximum Gasteiger partial charge on any atom is 0.254 e. The second kappa shape index (κ2) is 6.31. The molecule has 0 fully saturated rings. The first-order chi connectivity index (χ1) is 11.7. The summed E-state index contributed by atoms with van der Waals surface area (Å²) in [5, 5.41) is 0. The molecule has 0 radical (unpaired) electrons. The van der Waals surface area contributed by atoms with E-state index < -0.39 is 10.0 Å². The fraction of sp³-hybridized carbons (Fsp3) is 0.389. The van der Waals surface area contributed by atoms with Crippen LogP contribution in [0.2, 0.25) is 0 Å². The minimum absolute atomic E-state index is 0.0138. The topological polar surface area (TPSA) is 62.6 Å². The van der Waals surface area contributed by atoms with Gasteiger partial charge < -0.3 is 9.47 Å². The number of fused-ring (bicyclic) bond motifs is 1. The van der Waals surface area contributed by atoms with Crippen LogP contribution in [0.3, 0.4) is 0 Å². The summed E-state index contributed by atoms with van der Waals surface area (Å²) >= 11 is 0. The number of aryl methyl sites for hydroxylation is 1. The highest BCUT2D eigenvalue weighted by atomic mass is 32.2. The molecule has 1 amide bonds. The smallest absolute Gasteiger partial charge is 0.254 e. The number of carbonyl (C=O) groups excluding carboxylic acids is 1. The first kappa shape index (κ1) is 17.7. The van der Waals surface area contributed by atoms with Crippen molar-refractivity contribution in [1.82, 2.24) is 13.8 Å². The maximum absolute atomic E-state index is 12.9. The average Bonchev–Trinajstić information content (AvgIpc) is 2.97. The summed E-state index contributed by atoms with van der Waals surface area (Å²) < 4.78 is 27.7. The van der Waals surface area contributed by atoms with Crippen LogP contribution in [0, 0.1) is 6.92 Å². The lowest BCUT2D eigenvalue weighted by atomic mass is 10.1. The number of nitrogens with zero attached hydrogens (tertiary/aromatic N) is 3. The summed E-state index contributed by atoms with van der Waals surface area (Å²) in [5.74, 6) is -0.0774. The van der Waals surface area contributed by atoms with Gasteiger partial charge in [-0.1, -0.05) is 0 Å². The van der Waals surface area contributed by atoms with E-state index in [2.05, 4.69) is 23.6 Å². The first-order valence-corrected chi connectivity index (χ1v) is 9.67. The zero-order chi connectivity index (χ0) is 18.4. The van der Waals surface area contributed by atoms with Gasteiger partial charge in [-0.2, -0.15) is 0 Å². The van der Waals surface area contributed by atoms with Crippen LogP contribution in [0.4, 0.5) is 0 Å². The highest BCUT2D eigenvalue weighted by molar-refractivity contribution is 7.89. The number of aromatic nitrogens is 1. The van der Waals surface area contributed by atoms with Crippen molar-refractivity contribution >= 4 is 15.9 Å². The van der Waals surface area contributed by atoms with Crippen LogP contribution >= 0.6 is 0 Å². The SMILES string of the molecule is Cc1ccc2n1CCN(C(=O)c1ccc(S(=O)(=O)N(C)C)cc1)[C@H]2C. The Labute approximate surface area is 148 Å². The molecule has 2 heterocycles. The number of benzene rings is 1. The molecular formula is C18H23N3O3S. The molecule has 6 nitrogen and oxygen atoms in total. The Kier molecular flexibility index (Phi) is 4.47. The third kappa shape index (κ3) is 2.98. The molecule has 0 saturated carbocycles. The van der Waals surface area contributed by atoms with Gasteiger partial charge in [0.2, 0.25) is 10.0 Å². The van der Waals surface area contributed by atoms with Crippen LogP contribution in [0.5, 0.6) is 0 Å². The summed E-state index contributed by atoms with van der Waals surface area (Å²) in [6.45, 7) is 5.50. The standard InChI is InChI=1S/C18H23N3O3S/c1-13-5-10-17-14(2)21(12-11-20(13)17)18(22)15-6-8-16(9-7-15)25(23,24)19(3)4/h5-10,14H,11-12H2,1-4H3/t14-/m0/s1. The molecule has 134 valence electrons. The van der Waals surface area contributed by atoms with Crippen LogP contribution < -0.4 is 0 Å². The lowest BCUT2D eigenvalue weighted by Crippen LogP contribution is -2.41. The Bertz CT molecular complexity index is 898. The lowest BCUT2D eigenvalue weighted by molar-refractivity contribution is 0.0643. The zero-order valence-corrected chi connectivity index (χ0v) is 15.7. The van der Waals surface area contributed by atoms with Crippen molar-refractivity contribution in [2.75, 3.05) is 20.6 Å². The molecule has 0 aliphatic carbocycles. The molecule has 25 heavy (non-hydrogen) atoms. The lowest BCUT2D eigenvalue weighted by Gasteiger charge is -2.35. The predicted octanol–water partition coefficient (Wildman–Crippen LogP) is 2.26. The molecule has 0 unspecified atom stereocenters. The van der Waals surface area contributed by atoms with Crippen LogP contribution in [0.25, 0.3) is 0 Å². The van der Waals surface area contributed by atoms with E-state index in [0.717, 1.165) is 16.5 Å². The zero-order valence-electron chi connectivity index (χ0n) is 14.9. The van der Waals surface area contributed by atoms with E-state index in [-0.39, 0.29) is 16.8 Å². The van der Waals surface area contributed by atoms with Gasteiger partial charge >= 0.3 is 0 Å². The molecule has 0 bridgehead atoms. The maximum atomic E-state index is 12.9. The Morgan fingerprint density at radius 1 is 1.08 bits per heavy atom. The van der Waals surface area contributed by atoms with Gasteiger partial charge in [0.25, 0.3) is 5.91 Å². The van der Waals surface area contributed by atoms with Crippen molar-refractivity contribution in [3.8, 4) is 0 Å². The van der Waals surface area contributed by atoms with E-state index in [9.17, 15) is 13.2 Å². The molecular weight excluding hydrogens is 338 g/mol. The second-order valence-corrected chi connectivity index (χ2v) is 8.69. The van der Waals surface area contributed by atoms with Gasteiger partial charge in [-0.05, 0) is 50.2 Å². The van der Waals surface area contributed by atoms with Gasteiger partial charge in [0.05, 0.1) is 10.9 Å². The van der Waals surface area contributed by atoms with Crippen molar-refractivity contribution in [3.63, 3.8) is 0 Å². The van der Waals surface area contributed by atoms with E-state index >= 15 is 0 Å². The Hall–Kier alpha value is -2.12. The summed E-state index contributed by atoms with van der Waals surface area (Å²) in [5.41, 5.74) is 2.83. The summed E-state index contributed by atoms with van der Waals surface area (Å²) in [6.07, 6.45) is 0.